The topological polar surface area (TPSA) is 125 Å². The number of benzene rings is 2. The summed E-state index contributed by atoms with van der Waals surface area (Å²) in [5.74, 6) is -2.84. The summed E-state index contributed by atoms with van der Waals surface area (Å²) < 4.78 is 41.9. The maximum absolute atomic E-state index is 14.3. The Morgan fingerprint density at radius 3 is 2.51 bits per heavy atom. The van der Waals surface area contributed by atoms with Crippen LogP contribution < -0.4 is 15.5 Å². The summed E-state index contributed by atoms with van der Waals surface area (Å²) in [5, 5.41) is 10.2. The highest BCUT2D eigenvalue weighted by atomic mass is 19.4. The van der Waals surface area contributed by atoms with E-state index < -0.39 is 41.5 Å². The Morgan fingerprint density at radius 1 is 1.08 bits per heavy atom. The molecule has 2 N–H and O–H groups in total. The van der Waals surface area contributed by atoms with E-state index in [9.17, 15) is 27.6 Å². The van der Waals surface area contributed by atoms with Gasteiger partial charge in [-0.15, -0.1) is 0 Å². The number of likely N-dealkylation sites (N-methyl/N-ethyl adjacent to an activating group) is 1. The zero-order chi connectivity index (χ0) is 34.9. The van der Waals surface area contributed by atoms with Crippen LogP contribution in [0, 0.1) is 0 Å². The minimum absolute atomic E-state index is 0.0837. The zero-order valence-electron chi connectivity index (χ0n) is 26.9. The first kappa shape index (κ1) is 33.5. The highest BCUT2D eigenvalue weighted by Crippen LogP contribution is 2.41. The minimum atomic E-state index is -4.80. The predicted octanol–water partition coefficient (Wildman–Crippen LogP) is 4.24. The highest BCUT2D eigenvalue weighted by molar-refractivity contribution is 6.04. The van der Waals surface area contributed by atoms with Crippen LogP contribution in [0.4, 0.5) is 19.0 Å². The first-order valence-electron chi connectivity index (χ1n) is 15.9. The minimum Gasteiger partial charge on any atom is -0.348 e. The lowest BCUT2D eigenvalue weighted by Gasteiger charge is -2.38. The van der Waals surface area contributed by atoms with Crippen molar-refractivity contribution in [1.29, 1.82) is 0 Å². The van der Waals surface area contributed by atoms with Crippen molar-refractivity contribution in [2.45, 2.75) is 51.0 Å². The third-order valence-electron chi connectivity index (χ3n) is 8.98. The number of carbonyl (C=O) groups is 3. The fourth-order valence-corrected chi connectivity index (χ4v) is 6.18. The number of hydrogen-bond donors (Lipinski definition) is 2. The smallest absolute Gasteiger partial charge is 0.348 e. The van der Waals surface area contributed by atoms with Crippen molar-refractivity contribution in [3.05, 3.63) is 113 Å². The molecule has 4 aromatic rings. The van der Waals surface area contributed by atoms with Crippen LogP contribution in [0.2, 0.25) is 0 Å². The monoisotopic (exact) mass is 672 g/mol. The molecule has 1 saturated heterocycles. The fraction of sp³-hybridized carbons (Fsp3) is 0.314. The summed E-state index contributed by atoms with van der Waals surface area (Å²) in [7, 11) is 0. The average molecular weight is 673 g/mol. The number of nitrogens with one attached hydrogen (secondary N) is 2. The van der Waals surface area contributed by atoms with Gasteiger partial charge in [0.2, 0.25) is 11.7 Å². The summed E-state index contributed by atoms with van der Waals surface area (Å²) in [5.41, 5.74) is 1.84. The number of halogens is 3. The molecule has 11 nitrogen and oxygen atoms in total. The van der Waals surface area contributed by atoms with E-state index in [2.05, 4.69) is 37.2 Å². The summed E-state index contributed by atoms with van der Waals surface area (Å²) in [6.45, 7) is 9.96. The van der Waals surface area contributed by atoms with E-state index in [1.165, 1.54) is 4.90 Å². The van der Waals surface area contributed by atoms with Gasteiger partial charge >= 0.3 is 6.18 Å². The van der Waals surface area contributed by atoms with Crippen LogP contribution >= 0.6 is 0 Å². The number of hydrogen-bond acceptors (Lipinski definition) is 7. The number of likely N-dealkylation sites (tertiary alicyclic amines) is 1. The third kappa shape index (κ3) is 6.68. The second kappa shape index (κ2) is 13.6. The maximum Gasteiger partial charge on any atom is 0.433 e. The molecule has 2 aliphatic heterocycles. The van der Waals surface area contributed by atoms with Crippen LogP contribution in [0.5, 0.6) is 0 Å². The first-order valence-corrected chi connectivity index (χ1v) is 15.9. The molecular weight excluding hydrogens is 637 g/mol. The molecule has 254 valence electrons. The average Bonchev–Trinajstić information content (AvgIpc) is 3.51. The van der Waals surface area contributed by atoms with Gasteiger partial charge in [-0.1, -0.05) is 49.0 Å². The van der Waals surface area contributed by atoms with Gasteiger partial charge in [0, 0.05) is 42.4 Å². The lowest BCUT2D eigenvalue weighted by atomic mass is 9.82. The summed E-state index contributed by atoms with van der Waals surface area (Å²) in [6, 6.07) is 15.8. The molecular formula is C35H35F3N8O3. The Labute approximate surface area is 280 Å². The number of alkyl halides is 3. The van der Waals surface area contributed by atoms with E-state index in [1.54, 1.807) is 29.9 Å². The van der Waals surface area contributed by atoms with Crippen LogP contribution in [-0.2, 0) is 22.3 Å². The molecule has 14 heteroatoms. The number of para-hydroxylation sites is 1. The first-order chi connectivity index (χ1) is 23.5. The van der Waals surface area contributed by atoms with Crippen LogP contribution in [0.1, 0.15) is 59.2 Å². The molecule has 0 radical (unpaired) electrons. The Balaban J connectivity index is 1.36. The molecule has 49 heavy (non-hydrogen) atoms. The summed E-state index contributed by atoms with van der Waals surface area (Å²) in [4.78, 5) is 51.5. The van der Waals surface area contributed by atoms with E-state index in [4.69, 9.17) is 0 Å². The number of carbonyl (C=O) groups excluding carboxylic acids is 3. The Hall–Kier alpha value is -5.37. The number of aromatic nitrogens is 4. The van der Waals surface area contributed by atoms with Gasteiger partial charge in [0.1, 0.15) is 17.6 Å². The van der Waals surface area contributed by atoms with Crippen molar-refractivity contribution >= 4 is 23.5 Å². The lowest BCUT2D eigenvalue weighted by Crippen LogP contribution is -2.55. The van der Waals surface area contributed by atoms with E-state index in [0.29, 0.717) is 34.3 Å². The summed E-state index contributed by atoms with van der Waals surface area (Å²) in [6.07, 6.45) is -1.23. The van der Waals surface area contributed by atoms with Crippen molar-refractivity contribution in [3.8, 4) is 5.69 Å². The van der Waals surface area contributed by atoms with Gasteiger partial charge < -0.3 is 10.6 Å². The second-order valence-corrected chi connectivity index (χ2v) is 12.0. The third-order valence-corrected chi connectivity index (χ3v) is 8.98. The van der Waals surface area contributed by atoms with Gasteiger partial charge in [-0.2, -0.15) is 18.3 Å². The van der Waals surface area contributed by atoms with Gasteiger partial charge in [0.15, 0.2) is 0 Å². The Kier molecular flexibility index (Phi) is 9.32. The van der Waals surface area contributed by atoms with Gasteiger partial charge in [-0.05, 0) is 62.7 Å². The van der Waals surface area contributed by atoms with Crippen LogP contribution in [0.3, 0.4) is 0 Å². The highest BCUT2D eigenvalue weighted by Gasteiger charge is 2.45. The molecule has 2 aromatic heterocycles. The van der Waals surface area contributed by atoms with Crippen molar-refractivity contribution in [3.63, 3.8) is 0 Å². The SMILES string of the molecule is C=C(C(=O)NCc1cccc([C@@H]2c3cnn(-c4ccccc4)c3N(CC)C(=O)[C@H]2NC(=O)c2nccc(C(F)(F)F)n2)c1)C(C)N1CCC1. The Bertz CT molecular complexity index is 1890. The maximum atomic E-state index is 14.3. The van der Waals surface area contributed by atoms with Gasteiger partial charge in [-0.25, -0.2) is 14.6 Å². The van der Waals surface area contributed by atoms with E-state index in [-0.39, 0.29) is 25.0 Å². The van der Waals surface area contributed by atoms with Gasteiger partial charge in [0.05, 0.1) is 11.9 Å². The molecule has 0 saturated carbocycles. The van der Waals surface area contributed by atoms with Crippen LogP contribution in [-0.4, -0.2) is 74.1 Å². The Morgan fingerprint density at radius 2 is 1.84 bits per heavy atom. The fourth-order valence-electron chi connectivity index (χ4n) is 6.18. The van der Waals surface area contributed by atoms with Gasteiger partial charge in [-0.3, -0.25) is 24.2 Å². The molecule has 0 bridgehead atoms. The van der Waals surface area contributed by atoms with Gasteiger partial charge in [0.25, 0.3) is 11.8 Å². The summed E-state index contributed by atoms with van der Waals surface area (Å²) >= 11 is 0. The number of anilines is 1. The molecule has 4 heterocycles. The molecule has 0 aliphatic carbocycles. The molecule has 3 atom stereocenters. The molecule has 1 fully saturated rings. The van der Waals surface area contributed by atoms with E-state index in [0.717, 1.165) is 31.3 Å². The standard InChI is InChI=1S/C35H35F3N8O3/c1-4-45-33-26(20-41-46(33)25-12-6-5-7-13-25)28(29(34(45)49)43-32(48)30-39-15-14-27(42-30)35(36,37)38)24-11-8-10-23(18-24)19-40-31(47)21(2)22(3)44-16-9-17-44/h5-8,10-15,18,20,22,28-29H,2,4,9,16-17,19H2,1,3H3,(H,40,47)(H,43,48)/t22?,28-,29+/m1/s1. The van der Waals surface area contributed by atoms with Crippen LogP contribution in [0.15, 0.2) is 85.2 Å². The molecule has 1 unspecified atom stereocenters. The molecule has 6 rings (SSSR count). The zero-order valence-corrected chi connectivity index (χ0v) is 26.9. The quantitative estimate of drug-likeness (QED) is 0.242. The van der Waals surface area contributed by atoms with E-state index >= 15 is 0 Å². The lowest BCUT2D eigenvalue weighted by molar-refractivity contribution is -0.141. The van der Waals surface area contributed by atoms with Crippen molar-refractivity contribution < 1.29 is 27.6 Å². The number of fused-ring (bicyclic) bond motifs is 1. The predicted molar refractivity (Wildman–Crippen MR) is 175 cm³/mol. The van der Waals surface area contributed by atoms with Crippen molar-refractivity contribution in [2.75, 3.05) is 24.5 Å². The van der Waals surface area contributed by atoms with Crippen LogP contribution in [0.25, 0.3) is 5.69 Å². The molecule has 2 aliphatic rings. The van der Waals surface area contributed by atoms with Crippen molar-refractivity contribution in [1.82, 2.24) is 35.3 Å². The van der Waals surface area contributed by atoms with E-state index in [1.807, 2.05) is 49.4 Å². The molecule has 2 aromatic carbocycles. The number of nitrogens with zero attached hydrogens (tertiary/aromatic N) is 6. The number of rotatable bonds is 10. The molecule has 3 amide bonds. The second-order valence-electron chi connectivity index (χ2n) is 12.0. The van der Waals surface area contributed by atoms with Crippen molar-refractivity contribution in [2.24, 2.45) is 0 Å². The largest absolute Gasteiger partial charge is 0.433 e. The number of amides is 3. The molecule has 0 spiro atoms. The normalized spacial score (nSPS) is 18.3.